The summed E-state index contributed by atoms with van der Waals surface area (Å²) in [5.41, 5.74) is 1.20. The molecule has 0 amide bonds. The summed E-state index contributed by atoms with van der Waals surface area (Å²) >= 11 is 0. The lowest BCUT2D eigenvalue weighted by Gasteiger charge is -2.28. The summed E-state index contributed by atoms with van der Waals surface area (Å²) in [6, 6.07) is 7.84. The molecule has 0 radical (unpaired) electrons. The first-order valence-electron chi connectivity index (χ1n) is 8.22. The van der Waals surface area contributed by atoms with Crippen LogP contribution in [-0.2, 0) is 0 Å². The van der Waals surface area contributed by atoms with Gasteiger partial charge in [0.2, 0.25) is 0 Å². The first-order valence-corrected chi connectivity index (χ1v) is 8.22. The van der Waals surface area contributed by atoms with Gasteiger partial charge in [-0.1, -0.05) is 44.7 Å². The minimum atomic E-state index is -0.152. The van der Waals surface area contributed by atoms with Gasteiger partial charge in [0, 0.05) is 12.1 Å². The van der Waals surface area contributed by atoms with Crippen LogP contribution in [0.4, 0.5) is 4.39 Å². The van der Waals surface area contributed by atoms with Crippen molar-refractivity contribution in [2.75, 3.05) is 0 Å². The molecule has 0 aliphatic heterocycles. The molecular weight excluding hydrogens is 249 g/mol. The summed E-state index contributed by atoms with van der Waals surface area (Å²) in [6.45, 7) is 4.52. The monoisotopic (exact) mass is 277 g/mol. The Bertz CT molecular complexity index is 379. The van der Waals surface area contributed by atoms with Gasteiger partial charge in [-0.05, 0) is 49.8 Å². The summed E-state index contributed by atoms with van der Waals surface area (Å²) in [5.74, 6) is 0.646. The van der Waals surface area contributed by atoms with Crippen molar-refractivity contribution in [2.45, 2.75) is 70.9 Å². The largest absolute Gasteiger partial charge is 0.307 e. The molecule has 2 atom stereocenters. The normalized spacial score (nSPS) is 20.4. The molecule has 1 N–H and O–H groups in total. The lowest BCUT2D eigenvalue weighted by Crippen LogP contribution is -2.36. The van der Waals surface area contributed by atoms with Crippen LogP contribution in [0.2, 0.25) is 0 Å². The lowest BCUT2D eigenvalue weighted by molar-refractivity contribution is 0.306. The SMILES string of the molecule is CCC(N[C@H](C)C1CCCCCC1)c1ccc(F)cc1. The summed E-state index contributed by atoms with van der Waals surface area (Å²) in [6.07, 6.45) is 9.32. The standard InChI is InChI=1S/C18H28FN/c1-3-18(16-10-12-17(19)13-11-16)20-14(2)15-8-6-4-5-7-9-15/h10-15,18,20H,3-9H2,1-2H3/t14-,18?/m1/s1. The molecule has 1 aromatic rings. The maximum absolute atomic E-state index is 13.0. The van der Waals surface area contributed by atoms with Crippen molar-refractivity contribution >= 4 is 0 Å². The third kappa shape index (κ3) is 4.31. The molecule has 0 bridgehead atoms. The van der Waals surface area contributed by atoms with E-state index in [9.17, 15) is 4.39 Å². The molecule has 0 spiro atoms. The molecule has 1 fully saturated rings. The molecule has 1 nitrogen and oxygen atoms in total. The van der Waals surface area contributed by atoms with Crippen molar-refractivity contribution in [3.63, 3.8) is 0 Å². The Kier molecular flexibility index (Phi) is 6.03. The Labute approximate surface area is 123 Å². The second kappa shape index (κ2) is 7.78. The van der Waals surface area contributed by atoms with Crippen LogP contribution in [0, 0.1) is 11.7 Å². The molecule has 2 heteroatoms. The highest BCUT2D eigenvalue weighted by molar-refractivity contribution is 5.20. The van der Waals surface area contributed by atoms with E-state index in [2.05, 4.69) is 19.2 Å². The highest BCUT2D eigenvalue weighted by Crippen LogP contribution is 2.27. The van der Waals surface area contributed by atoms with E-state index in [-0.39, 0.29) is 5.82 Å². The van der Waals surface area contributed by atoms with Gasteiger partial charge in [-0.25, -0.2) is 4.39 Å². The molecule has 1 unspecified atom stereocenters. The molecule has 1 aliphatic carbocycles. The van der Waals surface area contributed by atoms with Gasteiger partial charge in [-0.3, -0.25) is 0 Å². The molecule has 1 aliphatic rings. The Hall–Kier alpha value is -0.890. The van der Waals surface area contributed by atoms with Crippen LogP contribution in [-0.4, -0.2) is 6.04 Å². The molecule has 0 saturated heterocycles. The molecule has 20 heavy (non-hydrogen) atoms. The summed E-state index contributed by atoms with van der Waals surface area (Å²) < 4.78 is 13.0. The van der Waals surface area contributed by atoms with E-state index < -0.39 is 0 Å². The average molecular weight is 277 g/mol. The molecular formula is C18H28FN. The van der Waals surface area contributed by atoms with E-state index in [4.69, 9.17) is 0 Å². The van der Waals surface area contributed by atoms with Crippen molar-refractivity contribution in [3.05, 3.63) is 35.6 Å². The average Bonchev–Trinajstić information content (AvgIpc) is 2.75. The molecule has 0 aromatic heterocycles. The second-order valence-electron chi connectivity index (χ2n) is 6.22. The van der Waals surface area contributed by atoms with Crippen LogP contribution < -0.4 is 5.32 Å². The second-order valence-corrected chi connectivity index (χ2v) is 6.22. The number of halogens is 1. The van der Waals surface area contributed by atoms with Crippen LogP contribution in [0.3, 0.4) is 0 Å². The zero-order chi connectivity index (χ0) is 14.4. The Balaban J connectivity index is 1.96. The smallest absolute Gasteiger partial charge is 0.123 e. The van der Waals surface area contributed by atoms with Gasteiger partial charge in [0.1, 0.15) is 5.82 Å². The fraction of sp³-hybridized carbons (Fsp3) is 0.667. The van der Waals surface area contributed by atoms with E-state index in [1.807, 2.05) is 12.1 Å². The van der Waals surface area contributed by atoms with Gasteiger partial charge in [0.05, 0.1) is 0 Å². The molecule has 2 rings (SSSR count). The van der Waals surface area contributed by atoms with Gasteiger partial charge in [-0.2, -0.15) is 0 Å². The van der Waals surface area contributed by atoms with Gasteiger partial charge >= 0.3 is 0 Å². The minimum absolute atomic E-state index is 0.152. The number of hydrogen-bond acceptors (Lipinski definition) is 1. The third-order valence-corrected chi connectivity index (χ3v) is 4.75. The summed E-state index contributed by atoms with van der Waals surface area (Å²) in [5, 5.41) is 3.78. The number of rotatable bonds is 5. The summed E-state index contributed by atoms with van der Waals surface area (Å²) in [4.78, 5) is 0. The fourth-order valence-corrected chi connectivity index (χ4v) is 3.41. The van der Waals surface area contributed by atoms with Crippen molar-refractivity contribution in [3.8, 4) is 0 Å². The Morgan fingerprint density at radius 2 is 1.70 bits per heavy atom. The first-order chi connectivity index (χ1) is 9.70. The van der Waals surface area contributed by atoms with Crippen LogP contribution in [0.25, 0.3) is 0 Å². The van der Waals surface area contributed by atoms with Crippen molar-refractivity contribution in [1.29, 1.82) is 0 Å². The van der Waals surface area contributed by atoms with Crippen LogP contribution in [0.1, 0.15) is 70.4 Å². The van der Waals surface area contributed by atoms with Crippen molar-refractivity contribution < 1.29 is 4.39 Å². The Morgan fingerprint density at radius 3 is 2.25 bits per heavy atom. The van der Waals surface area contributed by atoms with Gasteiger partial charge in [-0.15, -0.1) is 0 Å². The number of nitrogens with one attached hydrogen (secondary N) is 1. The van der Waals surface area contributed by atoms with E-state index in [1.165, 1.54) is 44.1 Å². The molecule has 1 aromatic carbocycles. The predicted molar refractivity (Wildman–Crippen MR) is 83.2 cm³/mol. The van der Waals surface area contributed by atoms with Gasteiger partial charge in [0.25, 0.3) is 0 Å². The zero-order valence-corrected chi connectivity index (χ0v) is 12.9. The fourth-order valence-electron chi connectivity index (χ4n) is 3.41. The van der Waals surface area contributed by atoms with Gasteiger partial charge < -0.3 is 5.32 Å². The van der Waals surface area contributed by atoms with Gasteiger partial charge in [0.15, 0.2) is 0 Å². The van der Waals surface area contributed by atoms with Crippen molar-refractivity contribution in [2.24, 2.45) is 5.92 Å². The van der Waals surface area contributed by atoms with Crippen LogP contribution in [0.15, 0.2) is 24.3 Å². The van der Waals surface area contributed by atoms with Crippen LogP contribution >= 0.6 is 0 Å². The molecule has 112 valence electrons. The highest BCUT2D eigenvalue weighted by Gasteiger charge is 2.21. The van der Waals surface area contributed by atoms with E-state index in [0.29, 0.717) is 12.1 Å². The van der Waals surface area contributed by atoms with E-state index in [1.54, 1.807) is 12.1 Å². The topological polar surface area (TPSA) is 12.0 Å². The minimum Gasteiger partial charge on any atom is -0.307 e. The quantitative estimate of drug-likeness (QED) is 0.727. The maximum Gasteiger partial charge on any atom is 0.123 e. The maximum atomic E-state index is 13.0. The van der Waals surface area contributed by atoms with Crippen LogP contribution in [0.5, 0.6) is 0 Å². The summed E-state index contributed by atoms with van der Waals surface area (Å²) in [7, 11) is 0. The third-order valence-electron chi connectivity index (χ3n) is 4.75. The molecule has 0 heterocycles. The van der Waals surface area contributed by atoms with E-state index >= 15 is 0 Å². The molecule has 1 saturated carbocycles. The van der Waals surface area contributed by atoms with Crippen molar-refractivity contribution in [1.82, 2.24) is 5.32 Å². The highest BCUT2D eigenvalue weighted by atomic mass is 19.1. The predicted octanol–water partition coefficient (Wildman–Crippen LogP) is 5.23. The zero-order valence-electron chi connectivity index (χ0n) is 12.9. The van der Waals surface area contributed by atoms with E-state index in [0.717, 1.165) is 12.3 Å². The lowest BCUT2D eigenvalue weighted by atomic mass is 9.91. The Morgan fingerprint density at radius 1 is 1.10 bits per heavy atom. The number of benzene rings is 1. The number of hydrogen-bond donors (Lipinski definition) is 1. The first kappa shape index (κ1) is 15.5.